The van der Waals surface area contributed by atoms with Crippen molar-refractivity contribution in [2.45, 2.75) is 62.6 Å². The minimum Gasteiger partial charge on any atom is -0.353 e. The van der Waals surface area contributed by atoms with E-state index < -0.39 is 11.6 Å². The Balaban J connectivity index is 1.37. The summed E-state index contributed by atoms with van der Waals surface area (Å²) < 4.78 is 27.2. The van der Waals surface area contributed by atoms with Crippen molar-refractivity contribution in [1.82, 2.24) is 10.2 Å². The van der Waals surface area contributed by atoms with Crippen molar-refractivity contribution < 1.29 is 13.6 Å². The van der Waals surface area contributed by atoms with E-state index in [0.717, 1.165) is 18.9 Å². The minimum atomic E-state index is -0.832. The number of carbonyl (C=O) groups is 1. The van der Waals surface area contributed by atoms with Crippen molar-refractivity contribution in [3.63, 3.8) is 0 Å². The second-order valence-corrected chi connectivity index (χ2v) is 7.67. The molecular formula is C19H24F2N2O. The molecule has 5 heteroatoms. The van der Waals surface area contributed by atoms with Crippen LogP contribution in [0.4, 0.5) is 8.78 Å². The lowest BCUT2D eigenvalue weighted by molar-refractivity contribution is -0.123. The molecule has 24 heavy (non-hydrogen) atoms. The minimum absolute atomic E-state index is 0.0105. The van der Waals surface area contributed by atoms with Gasteiger partial charge in [-0.2, -0.15) is 0 Å². The van der Waals surface area contributed by atoms with Gasteiger partial charge in [-0.1, -0.05) is 18.6 Å². The molecule has 0 radical (unpaired) electrons. The van der Waals surface area contributed by atoms with Crippen LogP contribution in [0.2, 0.25) is 0 Å². The van der Waals surface area contributed by atoms with E-state index in [1.54, 1.807) is 6.07 Å². The van der Waals surface area contributed by atoms with Crippen LogP contribution in [0.1, 0.15) is 50.0 Å². The number of piperidine rings is 2. The van der Waals surface area contributed by atoms with E-state index in [9.17, 15) is 13.6 Å². The van der Waals surface area contributed by atoms with Crippen molar-refractivity contribution in [3.05, 3.63) is 35.4 Å². The predicted molar refractivity (Wildman–Crippen MR) is 87.6 cm³/mol. The highest BCUT2D eigenvalue weighted by molar-refractivity contribution is 5.83. The molecule has 0 unspecified atom stereocenters. The van der Waals surface area contributed by atoms with E-state index in [1.165, 1.54) is 25.3 Å². The molecule has 3 fully saturated rings. The molecule has 3 aliphatic rings. The number of fused-ring (bicyclic) bond motifs is 2. The number of nitrogens with zero attached hydrogens (tertiary/aromatic N) is 1. The summed E-state index contributed by atoms with van der Waals surface area (Å²) in [5, 5.41) is 3.18. The average molecular weight is 334 g/mol. The van der Waals surface area contributed by atoms with Crippen molar-refractivity contribution >= 4 is 5.91 Å². The molecule has 2 saturated heterocycles. The van der Waals surface area contributed by atoms with Crippen LogP contribution in [-0.4, -0.2) is 36.0 Å². The summed E-state index contributed by atoms with van der Waals surface area (Å²) >= 11 is 0. The molecule has 2 aliphatic heterocycles. The highest BCUT2D eigenvalue weighted by atomic mass is 19.2. The fourth-order valence-electron chi connectivity index (χ4n) is 4.68. The molecular weight excluding hydrogens is 310 g/mol. The molecule has 1 saturated carbocycles. The fraction of sp³-hybridized carbons (Fsp3) is 0.632. The maximum Gasteiger partial charge on any atom is 0.223 e. The van der Waals surface area contributed by atoms with Gasteiger partial charge in [0.15, 0.2) is 11.6 Å². The average Bonchev–Trinajstić information content (AvgIpc) is 3.31. The number of hydrogen-bond acceptors (Lipinski definition) is 2. The maximum atomic E-state index is 13.9. The van der Waals surface area contributed by atoms with Crippen LogP contribution in [-0.2, 0) is 4.79 Å². The molecule has 1 aromatic carbocycles. The summed E-state index contributed by atoms with van der Waals surface area (Å²) in [4.78, 5) is 15.0. The van der Waals surface area contributed by atoms with Gasteiger partial charge in [0, 0.05) is 24.0 Å². The number of carbonyl (C=O) groups excluding carboxylic acids is 1. The molecule has 2 bridgehead atoms. The van der Waals surface area contributed by atoms with E-state index in [4.69, 9.17) is 0 Å². The smallest absolute Gasteiger partial charge is 0.223 e. The number of nitrogens with one attached hydrogen (secondary N) is 1. The van der Waals surface area contributed by atoms with Crippen molar-refractivity contribution in [2.24, 2.45) is 5.92 Å². The third kappa shape index (κ3) is 2.83. The van der Waals surface area contributed by atoms with Gasteiger partial charge < -0.3 is 10.2 Å². The zero-order valence-corrected chi connectivity index (χ0v) is 14.0. The fourth-order valence-corrected chi connectivity index (χ4v) is 4.68. The molecule has 4 rings (SSSR count). The van der Waals surface area contributed by atoms with Crippen LogP contribution < -0.4 is 5.32 Å². The number of hydrogen-bond donors (Lipinski definition) is 1. The zero-order chi connectivity index (χ0) is 16.8. The quantitative estimate of drug-likeness (QED) is 0.921. The molecule has 1 aromatic rings. The Hall–Kier alpha value is -1.49. The first-order valence-electron chi connectivity index (χ1n) is 9.01. The Morgan fingerprint density at radius 2 is 1.88 bits per heavy atom. The van der Waals surface area contributed by atoms with E-state index in [1.807, 2.05) is 0 Å². The summed E-state index contributed by atoms with van der Waals surface area (Å²) in [5.74, 6) is -2.00. The number of amides is 1. The van der Waals surface area contributed by atoms with Crippen LogP contribution in [0.25, 0.3) is 0 Å². The van der Waals surface area contributed by atoms with E-state index in [2.05, 4.69) is 17.3 Å². The van der Waals surface area contributed by atoms with Gasteiger partial charge >= 0.3 is 0 Å². The van der Waals surface area contributed by atoms with Crippen molar-refractivity contribution in [1.29, 1.82) is 0 Å². The first-order chi connectivity index (χ1) is 11.5. The molecule has 3 nitrogen and oxygen atoms in total. The van der Waals surface area contributed by atoms with Crippen LogP contribution in [0.5, 0.6) is 0 Å². The topological polar surface area (TPSA) is 32.3 Å². The first-order valence-corrected chi connectivity index (χ1v) is 9.01. The molecule has 4 atom stereocenters. The number of benzene rings is 1. The molecule has 1 N–H and O–H groups in total. The summed E-state index contributed by atoms with van der Waals surface area (Å²) in [5.41, 5.74) is 0.343. The third-order valence-electron chi connectivity index (χ3n) is 6.19. The first kappa shape index (κ1) is 16.0. The number of rotatable bonds is 3. The van der Waals surface area contributed by atoms with Crippen LogP contribution >= 0.6 is 0 Å². The lowest BCUT2D eigenvalue weighted by Crippen LogP contribution is -2.55. The summed E-state index contributed by atoms with van der Waals surface area (Å²) in [6.07, 6.45) is 6.32. The van der Waals surface area contributed by atoms with Gasteiger partial charge in [-0.25, -0.2) is 8.78 Å². The Bertz CT molecular complexity index is 636. The highest BCUT2D eigenvalue weighted by Gasteiger charge is 2.46. The molecule has 0 aromatic heterocycles. The lowest BCUT2D eigenvalue weighted by atomic mass is 9.82. The second-order valence-electron chi connectivity index (χ2n) is 7.67. The molecule has 130 valence electrons. The van der Waals surface area contributed by atoms with Gasteiger partial charge in [-0.15, -0.1) is 0 Å². The van der Waals surface area contributed by atoms with E-state index in [-0.39, 0.29) is 23.8 Å². The third-order valence-corrected chi connectivity index (χ3v) is 6.19. The highest BCUT2D eigenvalue weighted by Crippen LogP contribution is 2.48. The summed E-state index contributed by atoms with van der Waals surface area (Å²) in [7, 11) is 2.19. The Morgan fingerprint density at radius 3 is 2.58 bits per heavy atom. The summed E-state index contributed by atoms with van der Waals surface area (Å²) in [6.45, 7) is 0. The van der Waals surface area contributed by atoms with Crippen molar-refractivity contribution in [2.75, 3.05) is 7.05 Å². The lowest BCUT2D eigenvalue weighted by Gasteiger charge is -2.47. The standard InChI is InChI=1S/C19H24F2N2O/c1-23-12-4-2-5-13(23)9-11(8-12)22-19(24)16-10-15(16)14-6-3-7-17(20)18(14)21/h3,6-7,11-13,15-16H,2,4-5,8-10H2,1H3,(H,22,24)/t12-,13-,15-,16-/m0/s1. The van der Waals surface area contributed by atoms with Gasteiger partial charge in [0.1, 0.15) is 0 Å². The van der Waals surface area contributed by atoms with Crippen LogP contribution in [0, 0.1) is 17.6 Å². The van der Waals surface area contributed by atoms with Crippen LogP contribution in [0.15, 0.2) is 18.2 Å². The maximum absolute atomic E-state index is 13.9. The van der Waals surface area contributed by atoms with Gasteiger partial charge in [0.2, 0.25) is 5.91 Å². The molecule has 1 amide bonds. The Labute approximate surface area is 141 Å². The van der Waals surface area contributed by atoms with Crippen molar-refractivity contribution in [3.8, 4) is 0 Å². The van der Waals surface area contributed by atoms with Gasteiger partial charge in [0.25, 0.3) is 0 Å². The van der Waals surface area contributed by atoms with Gasteiger partial charge in [-0.3, -0.25) is 4.79 Å². The molecule has 1 aliphatic carbocycles. The monoisotopic (exact) mass is 334 g/mol. The van der Waals surface area contributed by atoms with Gasteiger partial charge in [0.05, 0.1) is 0 Å². The SMILES string of the molecule is CN1[C@H]2CCC[C@H]1CC(NC(=O)[C@H]1C[C@H]1c1cccc(F)c1F)C2. The summed E-state index contributed by atoms with van der Waals surface area (Å²) in [6, 6.07) is 5.59. The Kier molecular flexibility index (Phi) is 4.07. The van der Waals surface area contributed by atoms with E-state index in [0.29, 0.717) is 24.1 Å². The molecule has 0 spiro atoms. The van der Waals surface area contributed by atoms with Crippen LogP contribution in [0.3, 0.4) is 0 Å². The Morgan fingerprint density at radius 1 is 1.17 bits per heavy atom. The zero-order valence-electron chi connectivity index (χ0n) is 14.0. The molecule has 2 heterocycles. The van der Waals surface area contributed by atoms with Gasteiger partial charge in [-0.05, 0) is 56.7 Å². The van der Waals surface area contributed by atoms with E-state index >= 15 is 0 Å². The number of halogens is 2. The normalized spacial score (nSPS) is 35.5. The predicted octanol–water partition coefficient (Wildman–Crippen LogP) is 3.20. The largest absolute Gasteiger partial charge is 0.353 e. The second kappa shape index (κ2) is 6.10.